The number of benzene rings is 1. The zero-order chi connectivity index (χ0) is 21.5. The Hall–Kier alpha value is -1.04. The molecule has 0 radical (unpaired) electrons. The van der Waals surface area contributed by atoms with E-state index in [1.807, 2.05) is 0 Å². The minimum Gasteiger partial charge on any atom is -0.0744 e. The van der Waals surface area contributed by atoms with Crippen molar-refractivity contribution in [2.45, 2.75) is 114 Å². The van der Waals surface area contributed by atoms with Crippen molar-refractivity contribution in [3.8, 4) is 0 Å². The molecule has 1 aromatic rings. The third-order valence-corrected chi connectivity index (χ3v) is 7.35. The van der Waals surface area contributed by atoms with Crippen LogP contribution in [0, 0.1) is 44.9 Å². The van der Waals surface area contributed by atoms with Crippen LogP contribution in [0.2, 0.25) is 0 Å². The standard InChI is InChI=1S/C10H14.C9H18.C9H16/c1-7-5-6-8(2)10(4)9(7)3;1-8-4-6-9(2,3)7-5-8;1-7-4-5-8(2)9(3)6-7/h5-6H,1-4H3;8H,4-7H2,1-3H3;7H,4-6H2,1-3H3. The Balaban J connectivity index is 0.000000210. The van der Waals surface area contributed by atoms with Crippen LogP contribution in [0.3, 0.4) is 0 Å². The van der Waals surface area contributed by atoms with Gasteiger partial charge in [-0.1, -0.05) is 63.8 Å². The van der Waals surface area contributed by atoms with Gasteiger partial charge in [0, 0.05) is 0 Å². The molecule has 28 heavy (non-hydrogen) atoms. The summed E-state index contributed by atoms with van der Waals surface area (Å²) < 4.78 is 0. The van der Waals surface area contributed by atoms with Crippen molar-refractivity contribution >= 4 is 0 Å². The van der Waals surface area contributed by atoms with Gasteiger partial charge in [0.1, 0.15) is 0 Å². The summed E-state index contributed by atoms with van der Waals surface area (Å²) in [5, 5.41) is 0. The van der Waals surface area contributed by atoms with Crippen molar-refractivity contribution in [3.63, 3.8) is 0 Å². The van der Waals surface area contributed by atoms with Gasteiger partial charge < -0.3 is 0 Å². The molecule has 0 nitrogen and oxygen atoms in total. The van der Waals surface area contributed by atoms with Gasteiger partial charge in [-0.25, -0.2) is 0 Å². The molecule has 3 rings (SSSR count). The van der Waals surface area contributed by atoms with E-state index in [1.165, 1.54) is 67.2 Å². The summed E-state index contributed by atoms with van der Waals surface area (Å²) in [6, 6.07) is 4.36. The van der Waals surface area contributed by atoms with E-state index in [4.69, 9.17) is 0 Å². The monoisotopic (exact) mass is 384 g/mol. The Labute approximate surface area is 177 Å². The molecule has 2 aliphatic rings. The molecule has 0 bridgehead atoms. The average molecular weight is 385 g/mol. The summed E-state index contributed by atoms with van der Waals surface area (Å²) in [6.45, 7) is 22.7. The molecule has 0 saturated heterocycles. The van der Waals surface area contributed by atoms with Crippen molar-refractivity contribution in [2.75, 3.05) is 0 Å². The highest BCUT2D eigenvalue weighted by Crippen LogP contribution is 2.37. The Bertz CT molecular complexity index is 607. The Morgan fingerprint density at radius 3 is 1.50 bits per heavy atom. The van der Waals surface area contributed by atoms with Crippen molar-refractivity contribution < 1.29 is 0 Å². The zero-order valence-electron chi connectivity index (χ0n) is 20.8. The van der Waals surface area contributed by atoms with Crippen LogP contribution in [-0.2, 0) is 0 Å². The van der Waals surface area contributed by atoms with Crippen LogP contribution in [0.1, 0.15) is 109 Å². The lowest BCUT2D eigenvalue weighted by molar-refractivity contribution is 0.201. The van der Waals surface area contributed by atoms with Gasteiger partial charge in [0.25, 0.3) is 0 Å². The van der Waals surface area contributed by atoms with Crippen LogP contribution < -0.4 is 0 Å². The minimum atomic E-state index is 0.659. The highest BCUT2D eigenvalue weighted by molar-refractivity contribution is 5.37. The molecule has 1 atom stereocenters. The number of allylic oxidation sites excluding steroid dienone is 2. The first-order valence-electron chi connectivity index (χ1n) is 11.6. The quantitative estimate of drug-likeness (QED) is 0.391. The Kier molecular flexibility index (Phi) is 10.0. The summed E-state index contributed by atoms with van der Waals surface area (Å²) in [7, 11) is 0. The smallest absolute Gasteiger partial charge is 0.0295 e. The molecule has 160 valence electrons. The largest absolute Gasteiger partial charge is 0.0744 e. The number of rotatable bonds is 0. The fourth-order valence-corrected chi connectivity index (χ4v) is 4.11. The van der Waals surface area contributed by atoms with E-state index in [0.29, 0.717) is 5.41 Å². The fourth-order valence-electron chi connectivity index (χ4n) is 4.11. The van der Waals surface area contributed by atoms with E-state index in [0.717, 1.165) is 11.8 Å². The minimum absolute atomic E-state index is 0.659. The lowest BCUT2D eigenvalue weighted by Gasteiger charge is -2.32. The fraction of sp³-hybridized carbons (Fsp3) is 0.714. The average Bonchev–Trinajstić information content (AvgIpc) is 2.64. The van der Waals surface area contributed by atoms with Gasteiger partial charge in [-0.15, -0.1) is 0 Å². The first kappa shape index (κ1) is 25.0. The van der Waals surface area contributed by atoms with E-state index >= 15 is 0 Å². The van der Waals surface area contributed by atoms with Crippen molar-refractivity contribution in [1.29, 1.82) is 0 Å². The molecule has 1 aromatic carbocycles. The highest BCUT2D eigenvalue weighted by atomic mass is 14.3. The van der Waals surface area contributed by atoms with Gasteiger partial charge in [0.2, 0.25) is 0 Å². The van der Waals surface area contributed by atoms with Crippen molar-refractivity contribution in [3.05, 3.63) is 45.5 Å². The lowest BCUT2D eigenvalue weighted by Crippen LogP contribution is -2.19. The summed E-state index contributed by atoms with van der Waals surface area (Å²) in [5.41, 5.74) is 9.57. The molecule has 1 saturated carbocycles. The maximum atomic E-state index is 2.39. The molecule has 0 aromatic heterocycles. The third kappa shape index (κ3) is 8.54. The predicted molar refractivity (Wildman–Crippen MR) is 128 cm³/mol. The van der Waals surface area contributed by atoms with Gasteiger partial charge in [-0.3, -0.25) is 0 Å². The summed E-state index contributed by atoms with van der Waals surface area (Å²) in [6.07, 6.45) is 9.87. The molecule has 1 unspecified atom stereocenters. The maximum Gasteiger partial charge on any atom is -0.0295 e. The van der Waals surface area contributed by atoms with E-state index < -0.39 is 0 Å². The molecule has 2 aliphatic carbocycles. The first-order valence-corrected chi connectivity index (χ1v) is 11.6. The highest BCUT2D eigenvalue weighted by Gasteiger charge is 2.24. The van der Waals surface area contributed by atoms with Crippen LogP contribution in [-0.4, -0.2) is 0 Å². The number of hydrogen-bond donors (Lipinski definition) is 0. The second kappa shape index (κ2) is 11.2. The normalized spacial score (nSPS) is 22.0. The molecule has 0 heterocycles. The van der Waals surface area contributed by atoms with E-state index in [2.05, 4.69) is 81.4 Å². The van der Waals surface area contributed by atoms with Gasteiger partial charge >= 0.3 is 0 Å². The summed E-state index contributed by atoms with van der Waals surface area (Å²) in [5.74, 6) is 1.94. The first-order chi connectivity index (χ1) is 12.9. The number of aryl methyl sites for hydroxylation is 2. The molecule has 1 fully saturated rings. The van der Waals surface area contributed by atoms with Gasteiger partial charge in [-0.2, -0.15) is 0 Å². The third-order valence-electron chi connectivity index (χ3n) is 7.35. The predicted octanol–water partition coefficient (Wildman–Crippen LogP) is 9.29. The van der Waals surface area contributed by atoms with Crippen molar-refractivity contribution in [1.82, 2.24) is 0 Å². The lowest BCUT2D eigenvalue weighted by atomic mass is 9.74. The SMILES string of the molecule is CC1=C(C)CC(C)CC1.CC1CCC(C)(C)CC1.Cc1ccc(C)c(C)c1C. The molecule has 0 spiro atoms. The van der Waals surface area contributed by atoms with Crippen LogP contribution in [0.25, 0.3) is 0 Å². The van der Waals surface area contributed by atoms with Gasteiger partial charge in [0.05, 0.1) is 0 Å². The Morgan fingerprint density at radius 2 is 1.14 bits per heavy atom. The molecular formula is C28H48. The van der Waals surface area contributed by atoms with Gasteiger partial charge in [0.15, 0.2) is 0 Å². The van der Waals surface area contributed by atoms with E-state index in [1.54, 1.807) is 11.1 Å². The molecule has 0 amide bonds. The van der Waals surface area contributed by atoms with Crippen LogP contribution in [0.15, 0.2) is 23.3 Å². The van der Waals surface area contributed by atoms with E-state index in [9.17, 15) is 0 Å². The molecule has 0 heteroatoms. The van der Waals surface area contributed by atoms with Crippen molar-refractivity contribution in [2.24, 2.45) is 17.3 Å². The van der Waals surface area contributed by atoms with E-state index in [-0.39, 0.29) is 0 Å². The summed E-state index contributed by atoms with van der Waals surface area (Å²) in [4.78, 5) is 0. The molecule has 0 N–H and O–H groups in total. The van der Waals surface area contributed by atoms with Gasteiger partial charge in [-0.05, 0) is 113 Å². The van der Waals surface area contributed by atoms with Crippen LogP contribution >= 0.6 is 0 Å². The topological polar surface area (TPSA) is 0 Å². The second-order valence-corrected chi connectivity index (χ2v) is 10.7. The molecular weight excluding hydrogens is 336 g/mol. The zero-order valence-corrected chi connectivity index (χ0v) is 20.8. The van der Waals surface area contributed by atoms with Crippen LogP contribution in [0.5, 0.6) is 0 Å². The summed E-state index contributed by atoms with van der Waals surface area (Å²) >= 11 is 0. The second-order valence-electron chi connectivity index (χ2n) is 10.7. The maximum absolute atomic E-state index is 2.39. The Morgan fingerprint density at radius 1 is 0.679 bits per heavy atom. The number of hydrogen-bond acceptors (Lipinski definition) is 0. The molecule has 0 aliphatic heterocycles. The van der Waals surface area contributed by atoms with Crippen LogP contribution in [0.4, 0.5) is 0 Å².